The van der Waals surface area contributed by atoms with Crippen LogP contribution < -0.4 is 15.2 Å². The maximum absolute atomic E-state index is 12.0. The Morgan fingerprint density at radius 2 is 1.69 bits per heavy atom. The molecule has 2 aromatic carbocycles. The molecule has 0 radical (unpaired) electrons. The molecule has 4 aromatic rings. The van der Waals surface area contributed by atoms with E-state index in [0.29, 0.717) is 39.4 Å². The predicted octanol–water partition coefficient (Wildman–Crippen LogP) is 3.87. The SMILES string of the molecule is COc1ccc(OC)c2c(-c3oc(=O)[nH]c3-c3ccccc3)ccnc12. The Hall–Kier alpha value is -3.54. The molecule has 130 valence electrons. The summed E-state index contributed by atoms with van der Waals surface area (Å²) in [6.45, 7) is 0. The van der Waals surface area contributed by atoms with Gasteiger partial charge in [-0.15, -0.1) is 0 Å². The average molecular weight is 348 g/mol. The molecule has 0 aliphatic heterocycles. The van der Waals surface area contributed by atoms with Crippen molar-refractivity contribution >= 4 is 10.9 Å². The molecule has 0 saturated carbocycles. The van der Waals surface area contributed by atoms with Crippen LogP contribution in [-0.4, -0.2) is 24.2 Å². The number of fused-ring (bicyclic) bond motifs is 1. The van der Waals surface area contributed by atoms with E-state index >= 15 is 0 Å². The highest BCUT2D eigenvalue weighted by Gasteiger charge is 2.20. The summed E-state index contributed by atoms with van der Waals surface area (Å²) in [4.78, 5) is 19.2. The number of benzene rings is 2. The Labute approximate surface area is 149 Å². The van der Waals surface area contributed by atoms with E-state index in [1.807, 2.05) is 30.3 Å². The quantitative estimate of drug-likeness (QED) is 0.606. The van der Waals surface area contributed by atoms with E-state index in [2.05, 4.69) is 9.97 Å². The molecule has 2 aromatic heterocycles. The van der Waals surface area contributed by atoms with Crippen LogP contribution in [0.15, 0.2) is 63.9 Å². The van der Waals surface area contributed by atoms with Crippen LogP contribution in [0, 0.1) is 0 Å². The van der Waals surface area contributed by atoms with Crippen LogP contribution in [0.2, 0.25) is 0 Å². The second-order valence-corrected chi connectivity index (χ2v) is 5.64. The van der Waals surface area contributed by atoms with E-state index in [0.717, 1.165) is 5.56 Å². The topological polar surface area (TPSA) is 77.4 Å². The van der Waals surface area contributed by atoms with E-state index in [1.54, 1.807) is 38.6 Å². The Morgan fingerprint density at radius 3 is 2.42 bits per heavy atom. The smallest absolute Gasteiger partial charge is 0.417 e. The third-order valence-electron chi connectivity index (χ3n) is 4.21. The molecule has 0 fully saturated rings. The van der Waals surface area contributed by atoms with E-state index in [4.69, 9.17) is 13.9 Å². The highest BCUT2D eigenvalue weighted by molar-refractivity contribution is 6.02. The lowest BCUT2D eigenvalue weighted by Gasteiger charge is -2.12. The average Bonchev–Trinajstić information content (AvgIpc) is 3.09. The summed E-state index contributed by atoms with van der Waals surface area (Å²) in [6, 6.07) is 14.9. The molecule has 6 heteroatoms. The summed E-state index contributed by atoms with van der Waals surface area (Å²) in [6.07, 6.45) is 1.65. The Bertz CT molecular complexity index is 1130. The summed E-state index contributed by atoms with van der Waals surface area (Å²) in [5.41, 5.74) is 2.78. The lowest BCUT2D eigenvalue weighted by atomic mass is 10.0. The largest absolute Gasteiger partial charge is 0.496 e. The second-order valence-electron chi connectivity index (χ2n) is 5.64. The number of nitrogens with zero attached hydrogens (tertiary/aromatic N) is 1. The first-order chi connectivity index (χ1) is 12.7. The summed E-state index contributed by atoms with van der Waals surface area (Å²) in [5.74, 6) is 1.14. The molecule has 1 N–H and O–H groups in total. The maximum Gasteiger partial charge on any atom is 0.417 e. The van der Waals surface area contributed by atoms with Crippen LogP contribution in [0.25, 0.3) is 33.5 Å². The second kappa shape index (κ2) is 6.40. The molecule has 0 spiro atoms. The van der Waals surface area contributed by atoms with Gasteiger partial charge in [-0.2, -0.15) is 0 Å². The maximum atomic E-state index is 12.0. The number of ether oxygens (including phenoxy) is 2. The molecule has 0 amide bonds. The summed E-state index contributed by atoms with van der Waals surface area (Å²) >= 11 is 0. The fourth-order valence-corrected chi connectivity index (χ4v) is 3.06. The molecule has 0 bridgehead atoms. The van der Waals surface area contributed by atoms with Crippen molar-refractivity contribution in [1.82, 2.24) is 9.97 Å². The van der Waals surface area contributed by atoms with Crippen LogP contribution in [-0.2, 0) is 0 Å². The minimum atomic E-state index is -0.523. The van der Waals surface area contributed by atoms with Crippen molar-refractivity contribution in [3.05, 3.63) is 65.3 Å². The van der Waals surface area contributed by atoms with E-state index in [1.165, 1.54) is 0 Å². The van der Waals surface area contributed by atoms with Crippen molar-refractivity contribution in [2.24, 2.45) is 0 Å². The number of oxazole rings is 1. The van der Waals surface area contributed by atoms with Crippen LogP contribution in [0.5, 0.6) is 11.5 Å². The monoisotopic (exact) mass is 348 g/mol. The van der Waals surface area contributed by atoms with Gasteiger partial charge in [0.25, 0.3) is 0 Å². The number of nitrogens with one attached hydrogen (secondary N) is 1. The van der Waals surface area contributed by atoms with Crippen LogP contribution in [0.3, 0.4) is 0 Å². The third-order valence-corrected chi connectivity index (χ3v) is 4.21. The molecule has 4 rings (SSSR count). The standard InChI is InChI=1S/C20H16N2O4/c1-24-14-8-9-15(25-2)18-16(14)13(10-11-21-18)19-17(22-20(23)26-19)12-6-4-3-5-7-12/h3-11H,1-2H3,(H,22,23). The fourth-order valence-electron chi connectivity index (χ4n) is 3.06. The molecule has 0 aliphatic rings. The Morgan fingerprint density at radius 1 is 0.962 bits per heavy atom. The van der Waals surface area contributed by atoms with Crippen molar-refractivity contribution in [2.45, 2.75) is 0 Å². The first-order valence-corrected chi connectivity index (χ1v) is 8.01. The summed E-state index contributed by atoms with van der Waals surface area (Å²) < 4.78 is 16.4. The molecule has 6 nitrogen and oxygen atoms in total. The molecule has 0 unspecified atom stereocenters. The number of rotatable bonds is 4. The van der Waals surface area contributed by atoms with Gasteiger partial charge in [-0.25, -0.2) is 4.79 Å². The van der Waals surface area contributed by atoms with Gasteiger partial charge >= 0.3 is 5.76 Å². The number of hydrogen-bond acceptors (Lipinski definition) is 5. The van der Waals surface area contributed by atoms with Crippen LogP contribution >= 0.6 is 0 Å². The van der Waals surface area contributed by atoms with Gasteiger partial charge in [0.2, 0.25) is 0 Å². The number of aromatic nitrogens is 2. The molecule has 26 heavy (non-hydrogen) atoms. The number of aromatic amines is 1. The highest BCUT2D eigenvalue weighted by atomic mass is 16.5. The first kappa shape index (κ1) is 16.0. The summed E-state index contributed by atoms with van der Waals surface area (Å²) in [5, 5.41) is 0.717. The zero-order valence-electron chi connectivity index (χ0n) is 14.3. The molecule has 2 heterocycles. The van der Waals surface area contributed by atoms with Gasteiger partial charge in [0.05, 0.1) is 25.3 Å². The molecular weight excluding hydrogens is 332 g/mol. The molecule has 0 atom stereocenters. The van der Waals surface area contributed by atoms with E-state index < -0.39 is 5.76 Å². The number of methoxy groups -OCH3 is 2. The van der Waals surface area contributed by atoms with Gasteiger partial charge in [-0.1, -0.05) is 30.3 Å². The van der Waals surface area contributed by atoms with Crippen molar-refractivity contribution in [3.8, 4) is 34.1 Å². The van der Waals surface area contributed by atoms with Crippen molar-refractivity contribution < 1.29 is 13.9 Å². The zero-order chi connectivity index (χ0) is 18.1. The summed E-state index contributed by atoms with van der Waals surface area (Å²) in [7, 11) is 3.17. The molecular formula is C20H16N2O4. The van der Waals surface area contributed by atoms with E-state index in [-0.39, 0.29) is 0 Å². The van der Waals surface area contributed by atoms with Gasteiger partial charge < -0.3 is 13.9 Å². The minimum absolute atomic E-state index is 0.431. The lowest BCUT2D eigenvalue weighted by molar-refractivity contribution is 0.409. The van der Waals surface area contributed by atoms with Gasteiger partial charge in [0, 0.05) is 17.3 Å². The molecule has 0 saturated heterocycles. The van der Waals surface area contributed by atoms with Gasteiger partial charge in [-0.05, 0) is 18.2 Å². The minimum Gasteiger partial charge on any atom is -0.496 e. The molecule has 0 aliphatic carbocycles. The van der Waals surface area contributed by atoms with Gasteiger partial charge in [-0.3, -0.25) is 9.97 Å². The first-order valence-electron chi connectivity index (χ1n) is 8.01. The van der Waals surface area contributed by atoms with Gasteiger partial charge in [0.1, 0.15) is 17.0 Å². The van der Waals surface area contributed by atoms with Gasteiger partial charge in [0.15, 0.2) is 5.76 Å². The third kappa shape index (κ3) is 2.52. The normalized spacial score (nSPS) is 10.8. The zero-order valence-corrected chi connectivity index (χ0v) is 14.3. The van der Waals surface area contributed by atoms with E-state index in [9.17, 15) is 4.79 Å². The van der Waals surface area contributed by atoms with Crippen molar-refractivity contribution in [1.29, 1.82) is 0 Å². The lowest BCUT2D eigenvalue weighted by Crippen LogP contribution is -1.94. The van der Waals surface area contributed by atoms with Crippen molar-refractivity contribution in [3.63, 3.8) is 0 Å². The van der Waals surface area contributed by atoms with Crippen LogP contribution in [0.4, 0.5) is 0 Å². The fraction of sp³-hybridized carbons (Fsp3) is 0.100. The number of pyridine rings is 1. The number of hydrogen-bond donors (Lipinski definition) is 1. The highest BCUT2D eigenvalue weighted by Crippen LogP contribution is 2.40. The number of H-pyrrole nitrogens is 1. The van der Waals surface area contributed by atoms with Crippen molar-refractivity contribution in [2.75, 3.05) is 14.2 Å². The Balaban J connectivity index is 2.07. The predicted molar refractivity (Wildman–Crippen MR) is 98.6 cm³/mol. The Kier molecular flexibility index (Phi) is 3.93. The van der Waals surface area contributed by atoms with Crippen LogP contribution in [0.1, 0.15) is 0 Å².